The van der Waals surface area contributed by atoms with Crippen molar-refractivity contribution in [2.24, 2.45) is 0 Å². The van der Waals surface area contributed by atoms with E-state index in [-0.39, 0.29) is 5.56 Å². The van der Waals surface area contributed by atoms with E-state index < -0.39 is 11.8 Å². The fraction of sp³-hybridized carbons (Fsp3) is 0.235. The summed E-state index contributed by atoms with van der Waals surface area (Å²) in [6.07, 6.45) is 0.651. The number of hydrogen-bond acceptors (Lipinski definition) is 2. The number of likely N-dealkylation sites (N-methyl/N-ethyl adjacent to an activating group) is 1. The molecule has 0 heterocycles. The van der Waals surface area contributed by atoms with Crippen LogP contribution in [0.1, 0.15) is 16.7 Å². The van der Waals surface area contributed by atoms with Crippen molar-refractivity contribution >= 4 is 5.91 Å². The van der Waals surface area contributed by atoms with E-state index in [1.54, 1.807) is 12.1 Å². The van der Waals surface area contributed by atoms with Gasteiger partial charge < -0.3 is 0 Å². The topological polar surface area (TPSA) is 29.5 Å². The van der Waals surface area contributed by atoms with Crippen LogP contribution >= 0.6 is 0 Å². The highest BCUT2D eigenvalue weighted by Gasteiger charge is 2.43. The Labute approximate surface area is 128 Å². The van der Waals surface area contributed by atoms with Gasteiger partial charge in [-0.05, 0) is 17.5 Å². The first-order chi connectivity index (χ1) is 10.4. The van der Waals surface area contributed by atoms with E-state index in [4.69, 9.17) is 0 Å². The van der Waals surface area contributed by atoms with Crippen LogP contribution in [0.3, 0.4) is 0 Å². The lowest BCUT2D eigenvalue weighted by molar-refractivity contribution is -0.195. The molecule has 0 bridgehead atoms. The van der Waals surface area contributed by atoms with Gasteiger partial charge in [-0.1, -0.05) is 54.6 Å². The Morgan fingerprint density at radius 2 is 1.59 bits per heavy atom. The third kappa shape index (κ3) is 3.49. The molecule has 0 N–H and O–H groups in total. The zero-order chi connectivity index (χ0) is 16.2. The lowest BCUT2D eigenvalue weighted by Gasteiger charge is -2.21. The number of hydroxylamine groups is 2. The SMILES string of the molecule is CON(C)C(=O)C(F)(F)c1ccc(Cc2ccccc2)cc1. The zero-order valence-corrected chi connectivity index (χ0v) is 12.4. The highest BCUT2D eigenvalue weighted by atomic mass is 19.3. The largest absolute Gasteiger partial charge is 0.352 e. The van der Waals surface area contributed by atoms with Crippen molar-refractivity contribution in [1.82, 2.24) is 5.06 Å². The molecule has 0 fully saturated rings. The molecule has 5 heteroatoms. The van der Waals surface area contributed by atoms with Crippen molar-refractivity contribution in [2.75, 3.05) is 14.2 Å². The summed E-state index contributed by atoms with van der Waals surface area (Å²) in [6, 6.07) is 15.5. The molecule has 3 nitrogen and oxygen atoms in total. The lowest BCUT2D eigenvalue weighted by atomic mass is 10.0. The highest BCUT2D eigenvalue weighted by molar-refractivity contribution is 5.83. The van der Waals surface area contributed by atoms with Gasteiger partial charge in [0.05, 0.1) is 7.11 Å². The maximum Gasteiger partial charge on any atom is 0.352 e. The number of amides is 1. The molecule has 0 unspecified atom stereocenters. The molecule has 0 saturated carbocycles. The molecule has 2 aromatic carbocycles. The van der Waals surface area contributed by atoms with Gasteiger partial charge in [-0.15, -0.1) is 0 Å². The molecule has 0 atom stereocenters. The van der Waals surface area contributed by atoms with Crippen molar-refractivity contribution in [1.29, 1.82) is 0 Å². The lowest BCUT2D eigenvalue weighted by Crippen LogP contribution is -2.38. The number of nitrogens with zero attached hydrogens (tertiary/aromatic N) is 1. The zero-order valence-electron chi connectivity index (χ0n) is 12.4. The second-order valence-electron chi connectivity index (χ2n) is 4.92. The van der Waals surface area contributed by atoms with Crippen molar-refractivity contribution in [3.05, 3.63) is 71.3 Å². The fourth-order valence-corrected chi connectivity index (χ4v) is 2.07. The van der Waals surface area contributed by atoms with Crippen LogP contribution in [-0.4, -0.2) is 25.1 Å². The van der Waals surface area contributed by atoms with Crippen LogP contribution in [0.4, 0.5) is 8.78 Å². The summed E-state index contributed by atoms with van der Waals surface area (Å²) in [5, 5.41) is 0.526. The van der Waals surface area contributed by atoms with Crippen LogP contribution in [0.2, 0.25) is 0 Å². The second-order valence-corrected chi connectivity index (χ2v) is 4.92. The van der Waals surface area contributed by atoms with Crippen molar-refractivity contribution in [2.45, 2.75) is 12.3 Å². The third-order valence-electron chi connectivity index (χ3n) is 3.40. The van der Waals surface area contributed by atoms with Crippen molar-refractivity contribution in [3.63, 3.8) is 0 Å². The van der Waals surface area contributed by atoms with E-state index in [1.165, 1.54) is 12.1 Å². The van der Waals surface area contributed by atoms with Gasteiger partial charge in [0.15, 0.2) is 0 Å². The van der Waals surface area contributed by atoms with Gasteiger partial charge >= 0.3 is 11.8 Å². The quantitative estimate of drug-likeness (QED) is 0.793. The van der Waals surface area contributed by atoms with Gasteiger partial charge in [-0.2, -0.15) is 8.78 Å². The van der Waals surface area contributed by atoms with E-state index in [1.807, 2.05) is 30.3 Å². The van der Waals surface area contributed by atoms with Crippen molar-refractivity contribution in [3.8, 4) is 0 Å². The van der Waals surface area contributed by atoms with Crippen LogP contribution in [0.15, 0.2) is 54.6 Å². The summed E-state index contributed by atoms with van der Waals surface area (Å²) < 4.78 is 28.1. The molecule has 22 heavy (non-hydrogen) atoms. The smallest absolute Gasteiger partial charge is 0.274 e. The monoisotopic (exact) mass is 305 g/mol. The summed E-state index contributed by atoms with van der Waals surface area (Å²) in [7, 11) is 2.32. The first kappa shape index (κ1) is 16.1. The van der Waals surface area contributed by atoms with Gasteiger partial charge in [0, 0.05) is 12.6 Å². The normalized spacial score (nSPS) is 11.3. The van der Waals surface area contributed by atoms with E-state index in [2.05, 4.69) is 4.84 Å². The summed E-state index contributed by atoms with van der Waals surface area (Å²) in [4.78, 5) is 16.1. The molecular weight excluding hydrogens is 288 g/mol. The Bertz CT molecular complexity index is 627. The van der Waals surface area contributed by atoms with Gasteiger partial charge in [0.1, 0.15) is 0 Å². The molecule has 0 aliphatic heterocycles. The Balaban J connectivity index is 2.16. The molecule has 0 aromatic heterocycles. The molecule has 2 rings (SSSR count). The maximum atomic E-state index is 14.1. The van der Waals surface area contributed by atoms with E-state index in [0.29, 0.717) is 11.5 Å². The number of hydrogen-bond donors (Lipinski definition) is 0. The molecule has 0 saturated heterocycles. The van der Waals surface area contributed by atoms with E-state index >= 15 is 0 Å². The van der Waals surface area contributed by atoms with Gasteiger partial charge in [0.2, 0.25) is 0 Å². The van der Waals surface area contributed by atoms with Crippen LogP contribution in [0.5, 0.6) is 0 Å². The van der Waals surface area contributed by atoms with Crippen LogP contribution in [0.25, 0.3) is 0 Å². The molecule has 0 radical (unpaired) electrons. The van der Waals surface area contributed by atoms with Crippen LogP contribution < -0.4 is 0 Å². The third-order valence-corrected chi connectivity index (χ3v) is 3.40. The van der Waals surface area contributed by atoms with Gasteiger partial charge in [-0.25, -0.2) is 5.06 Å². The minimum atomic E-state index is -3.62. The molecule has 116 valence electrons. The fourth-order valence-electron chi connectivity index (χ4n) is 2.07. The second kappa shape index (κ2) is 6.66. The Morgan fingerprint density at radius 3 is 2.14 bits per heavy atom. The number of benzene rings is 2. The molecule has 0 aliphatic carbocycles. The number of alkyl halides is 2. The minimum absolute atomic E-state index is 0.349. The van der Waals surface area contributed by atoms with E-state index in [0.717, 1.165) is 25.3 Å². The van der Waals surface area contributed by atoms with Gasteiger partial charge in [-0.3, -0.25) is 9.63 Å². The average molecular weight is 305 g/mol. The summed E-state index contributed by atoms with van der Waals surface area (Å²) in [5.41, 5.74) is 1.65. The molecular formula is C17H17F2NO2. The predicted molar refractivity (Wildman–Crippen MR) is 79.4 cm³/mol. The molecule has 0 spiro atoms. The Hall–Kier alpha value is -2.27. The molecule has 1 amide bonds. The first-order valence-corrected chi connectivity index (χ1v) is 6.78. The maximum absolute atomic E-state index is 14.1. The summed E-state index contributed by atoms with van der Waals surface area (Å²) in [5.74, 6) is -5.01. The molecule has 2 aromatic rings. The Kier molecular flexibility index (Phi) is 4.88. The average Bonchev–Trinajstić information content (AvgIpc) is 2.55. The van der Waals surface area contributed by atoms with Gasteiger partial charge in [0.25, 0.3) is 0 Å². The predicted octanol–water partition coefficient (Wildman–Crippen LogP) is 3.39. The van der Waals surface area contributed by atoms with Crippen molar-refractivity contribution < 1.29 is 18.4 Å². The first-order valence-electron chi connectivity index (χ1n) is 6.78. The van der Waals surface area contributed by atoms with Crippen LogP contribution in [0, 0.1) is 0 Å². The number of rotatable bonds is 5. The highest BCUT2D eigenvalue weighted by Crippen LogP contribution is 2.30. The molecule has 0 aliphatic rings. The standard InChI is InChI=1S/C17H17F2NO2/c1-20(22-2)16(21)17(18,19)15-10-8-14(9-11-15)12-13-6-4-3-5-7-13/h3-11H,12H2,1-2H3. The summed E-state index contributed by atoms with van der Waals surface area (Å²) >= 11 is 0. The number of carbonyl (C=O) groups excluding carboxylic acids is 1. The van der Waals surface area contributed by atoms with Crippen LogP contribution in [-0.2, 0) is 22.0 Å². The number of halogens is 2. The van der Waals surface area contributed by atoms with E-state index in [9.17, 15) is 13.6 Å². The Morgan fingerprint density at radius 1 is 1.05 bits per heavy atom. The number of carbonyl (C=O) groups is 1. The summed E-state index contributed by atoms with van der Waals surface area (Å²) in [6.45, 7) is 0. The minimum Gasteiger partial charge on any atom is -0.274 e.